The highest BCUT2D eigenvalue weighted by atomic mass is 16.5. The number of carbonyl (C=O) groups is 1. The fourth-order valence-corrected chi connectivity index (χ4v) is 1.51. The molecule has 0 bridgehead atoms. The molecule has 1 amide bonds. The Balaban J connectivity index is 2.21. The number of amides is 1. The van der Waals surface area contributed by atoms with E-state index in [0.717, 1.165) is 25.9 Å². The van der Waals surface area contributed by atoms with Crippen LogP contribution in [0, 0.1) is 0 Å². The van der Waals surface area contributed by atoms with Gasteiger partial charge >= 0.3 is 0 Å². The van der Waals surface area contributed by atoms with E-state index < -0.39 is 5.91 Å². The number of ether oxygens (including phenoxy) is 1. The third-order valence-electron chi connectivity index (χ3n) is 2.24. The first kappa shape index (κ1) is 9.48. The molecule has 0 spiro atoms. The van der Waals surface area contributed by atoms with Gasteiger partial charge in [-0.15, -0.1) is 0 Å². The zero-order chi connectivity index (χ0) is 8.97. The van der Waals surface area contributed by atoms with Crippen molar-refractivity contribution in [2.45, 2.75) is 18.9 Å². The van der Waals surface area contributed by atoms with Crippen LogP contribution < -0.4 is 5.73 Å². The highest BCUT2D eigenvalue weighted by Crippen LogP contribution is 2.11. The molecule has 1 N–H and O–H groups in total. The maximum absolute atomic E-state index is 10.5. The molecule has 69 valence electrons. The predicted molar refractivity (Wildman–Crippen MR) is 44.6 cm³/mol. The lowest BCUT2D eigenvalue weighted by atomic mass is 10.1. The molecule has 0 atom stereocenters. The van der Waals surface area contributed by atoms with Crippen LogP contribution in [0.1, 0.15) is 12.8 Å². The van der Waals surface area contributed by atoms with Crippen LogP contribution in [-0.4, -0.2) is 43.7 Å². The summed E-state index contributed by atoms with van der Waals surface area (Å²) in [6.07, 6.45) is 2.30. The van der Waals surface area contributed by atoms with Crippen molar-refractivity contribution >= 4 is 5.91 Å². The summed E-state index contributed by atoms with van der Waals surface area (Å²) in [4.78, 5) is 12.5. The monoisotopic (exact) mass is 171 g/mol. The lowest BCUT2D eigenvalue weighted by Gasteiger charge is -2.29. The van der Waals surface area contributed by atoms with Crippen LogP contribution in [0.4, 0.5) is 0 Å². The third-order valence-corrected chi connectivity index (χ3v) is 2.24. The van der Waals surface area contributed by atoms with Crippen molar-refractivity contribution in [3.63, 3.8) is 0 Å². The fourth-order valence-electron chi connectivity index (χ4n) is 1.51. The lowest BCUT2D eigenvalue weighted by molar-refractivity contribution is -0.120. The zero-order valence-electron chi connectivity index (χ0n) is 7.38. The van der Waals surface area contributed by atoms with E-state index in [-0.39, 0.29) is 6.54 Å². The smallest absolute Gasteiger partial charge is 0.252 e. The van der Waals surface area contributed by atoms with Crippen molar-refractivity contribution in [3.05, 3.63) is 0 Å². The minimum atomic E-state index is -0.495. The number of rotatable bonds is 3. The molecule has 4 nitrogen and oxygen atoms in total. The average molecular weight is 171 g/mol. The highest BCUT2D eigenvalue weighted by Gasteiger charge is 2.19. The van der Waals surface area contributed by atoms with Gasteiger partial charge in [0, 0.05) is 20.2 Å². The van der Waals surface area contributed by atoms with Crippen LogP contribution in [0.5, 0.6) is 0 Å². The summed E-state index contributed by atoms with van der Waals surface area (Å²) in [6.45, 7) is 2.03. The second-order valence-electron chi connectivity index (χ2n) is 3.13. The summed E-state index contributed by atoms with van der Waals surface area (Å²) < 4.78 is 5.19. The van der Waals surface area contributed by atoms with E-state index in [9.17, 15) is 4.79 Å². The van der Waals surface area contributed by atoms with E-state index in [1.165, 1.54) is 0 Å². The molecule has 0 aliphatic carbocycles. The van der Waals surface area contributed by atoms with Gasteiger partial charge in [-0.25, -0.2) is 0 Å². The molecule has 1 aliphatic rings. The molecular formula is C8H15N2O2. The molecule has 0 saturated carbocycles. The summed E-state index contributed by atoms with van der Waals surface area (Å²) in [5.41, 5.74) is 6.80. The Morgan fingerprint density at radius 2 is 2.17 bits per heavy atom. The summed E-state index contributed by atoms with van der Waals surface area (Å²) in [5, 5.41) is 0. The summed E-state index contributed by atoms with van der Waals surface area (Å²) in [5.74, 6) is -0.495. The summed E-state index contributed by atoms with van der Waals surface area (Å²) >= 11 is 0. The predicted octanol–water partition coefficient (Wildman–Crippen LogP) is -0.0933. The van der Waals surface area contributed by atoms with Gasteiger partial charge in [-0.2, -0.15) is 0 Å². The molecule has 0 unspecified atom stereocenters. The normalized spacial score (nSPS) is 21.1. The van der Waals surface area contributed by atoms with E-state index in [1.54, 1.807) is 7.11 Å². The molecule has 1 rings (SSSR count). The molecule has 0 aromatic heterocycles. The second-order valence-corrected chi connectivity index (χ2v) is 3.13. The van der Waals surface area contributed by atoms with Gasteiger partial charge in [-0.05, 0) is 12.8 Å². The van der Waals surface area contributed by atoms with Gasteiger partial charge in [0.15, 0.2) is 0 Å². The minimum absolute atomic E-state index is 0.274. The number of nitrogens with one attached hydrogen (secondary N) is 1. The Kier molecular flexibility index (Phi) is 3.49. The van der Waals surface area contributed by atoms with Crippen LogP contribution in [0.3, 0.4) is 0 Å². The first-order valence-corrected chi connectivity index (χ1v) is 4.22. The van der Waals surface area contributed by atoms with Crippen molar-refractivity contribution in [3.8, 4) is 0 Å². The van der Waals surface area contributed by atoms with E-state index in [4.69, 9.17) is 10.5 Å². The number of nitrogens with zero attached hydrogens (tertiary/aromatic N) is 1. The molecule has 0 aromatic rings. The van der Waals surface area contributed by atoms with Gasteiger partial charge in [0.1, 0.15) is 0 Å². The standard InChI is InChI=1S/C8H15N2O2/c1-12-7-2-4-10(5-3-7)6-8(9)11/h7,9H,2-6H2,1H3. The van der Waals surface area contributed by atoms with E-state index in [0.29, 0.717) is 6.10 Å². The Labute approximate surface area is 72.7 Å². The number of piperidine rings is 1. The molecule has 1 heterocycles. The number of carbonyl (C=O) groups excluding carboxylic acids is 1. The average Bonchev–Trinajstić information content (AvgIpc) is 2.05. The first-order chi connectivity index (χ1) is 5.72. The van der Waals surface area contributed by atoms with Crippen LogP contribution in [0.2, 0.25) is 0 Å². The van der Waals surface area contributed by atoms with Crippen molar-refractivity contribution in [1.29, 1.82) is 0 Å². The molecule has 1 aliphatic heterocycles. The maximum Gasteiger partial charge on any atom is 0.252 e. The third kappa shape index (κ3) is 2.79. The molecule has 1 radical (unpaired) electrons. The van der Waals surface area contributed by atoms with Crippen LogP contribution in [0.15, 0.2) is 0 Å². The largest absolute Gasteiger partial charge is 0.381 e. The molecule has 0 aromatic carbocycles. The molecule has 4 heteroatoms. The van der Waals surface area contributed by atoms with E-state index >= 15 is 0 Å². The van der Waals surface area contributed by atoms with Crippen LogP contribution in [0.25, 0.3) is 0 Å². The fraction of sp³-hybridized carbons (Fsp3) is 0.875. The van der Waals surface area contributed by atoms with Gasteiger partial charge in [0.25, 0.3) is 5.91 Å². The van der Waals surface area contributed by atoms with Crippen LogP contribution in [-0.2, 0) is 9.53 Å². The topological polar surface area (TPSA) is 53.3 Å². The number of hydrogen-bond donors (Lipinski definition) is 0. The SMILES string of the molecule is COC1CCN(CC([NH])=O)CC1. The minimum Gasteiger partial charge on any atom is -0.381 e. The van der Waals surface area contributed by atoms with Gasteiger partial charge in [0.2, 0.25) is 0 Å². The van der Waals surface area contributed by atoms with Crippen molar-refractivity contribution in [2.24, 2.45) is 0 Å². The molecular weight excluding hydrogens is 156 g/mol. The van der Waals surface area contributed by atoms with Gasteiger partial charge in [0.05, 0.1) is 12.6 Å². The van der Waals surface area contributed by atoms with Gasteiger partial charge < -0.3 is 4.74 Å². The van der Waals surface area contributed by atoms with E-state index in [1.807, 2.05) is 4.90 Å². The lowest BCUT2D eigenvalue weighted by Crippen LogP contribution is -2.39. The zero-order valence-corrected chi connectivity index (χ0v) is 7.38. The Hall–Kier alpha value is -0.610. The first-order valence-electron chi connectivity index (χ1n) is 4.22. The molecule has 1 saturated heterocycles. The Morgan fingerprint density at radius 1 is 1.58 bits per heavy atom. The number of methoxy groups -OCH3 is 1. The molecule has 12 heavy (non-hydrogen) atoms. The summed E-state index contributed by atoms with van der Waals surface area (Å²) in [7, 11) is 1.72. The highest BCUT2D eigenvalue weighted by molar-refractivity contribution is 5.75. The second kappa shape index (κ2) is 4.42. The van der Waals surface area contributed by atoms with Crippen molar-refractivity contribution in [1.82, 2.24) is 10.6 Å². The van der Waals surface area contributed by atoms with Crippen molar-refractivity contribution < 1.29 is 9.53 Å². The number of hydrogen-bond acceptors (Lipinski definition) is 3. The Morgan fingerprint density at radius 3 is 2.58 bits per heavy atom. The Bertz CT molecular complexity index is 153. The summed E-state index contributed by atoms with van der Waals surface area (Å²) in [6, 6.07) is 0. The van der Waals surface area contributed by atoms with E-state index in [2.05, 4.69) is 0 Å². The molecule has 1 fully saturated rings. The number of likely N-dealkylation sites (tertiary alicyclic amines) is 1. The van der Waals surface area contributed by atoms with Gasteiger partial charge in [-0.3, -0.25) is 15.4 Å². The maximum atomic E-state index is 10.5. The quantitative estimate of drug-likeness (QED) is 0.596. The van der Waals surface area contributed by atoms with Crippen LogP contribution >= 0.6 is 0 Å². The van der Waals surface area contributed by atoms with Crippen molar-refractivity contribution in [2.75, 3.05) is 26.7 Å². The van der Waals surface area contributed by atoms with Gasteiger partial charge in [-0.1, -0.05) is 0 Å².